The van der Waals surface area contributed by atoms with Gasteiger partial charge < -0.3 is 24.0 Å². The lowest BCUT2D eigenvalue weighted by molar-refractivity contribution is -0.00697. The molecule has 1 unspecified atom stereocenters. The van der Waals surface area contributed by atoms with Gasteiger partial charge in [-0.15, -0.1) is 0 Å². The maximum absolute atomic E-state index is 12.9. The number of nitrogens with zero attached hydrogens (tertiary/aromatic N) is 4. The van der Waals surface area contributed by atoms with Gasteiger partial charge in [-0.05, 0) is 57.7 Å². The van der Waals surface area contributed by atoms with Crippen LogP contribution in [0.3, 0.4) is 0 Å². The molecule has 9 heteroatoms. The van der Waals surface area contributed by atoms with E-state index >= 15 is 0 Å². The normalized spacial score (nSPS) is 19.2. The minimum Gasteiger partial charge on any atom is -0.482 e. The van der Waals surface area contributed by atoms with Crippen molar-refractivity contribution in [1.82, 2.24) is 19.6 Å². The van der Waals surface area contributed by atoms with E-state index in [-0.39, 0.29) is 24.7 Å². The fourth-order valence-corrected chi connectivity index (χ4v) is 6.40. The first-order valence-corrected chi connectivity index (χ1v) is 14.9. The van der Waals surface area contributed by atoms with Crippen molar-refractivity contribution >= 4 is 12.2 Å². The van der Waals surface area contributed by atoms with E-state index in [1.165, 1.54) is 0 Å². The largest absolute Gasteiger partial charge is 0.482 e. The molecular formula is C33H40N4O5. The molecule has 0 saturated carbocycles. The predicted octanol–water partition coefficient (Wildman–Crippen LogP) is 6.14. The van der Waals surface area contributed by atoms with Crippen LogP contribution in [0.25, 0.3) is 11.3 Å². The second kappa shape index (κ2) is 11.0. The highest BCUT2D eigenvalue weighted by molar-refractivity contribution is 5.75. The fraction of sp³-hybridized carbons (Fsp3) is 0.485. The van der Waals surface area contributed by atoms with Crippen molar-refractivity contribution in [1.29, 1.82) is 0 Å². The number of rotatable bonds is 4. The van der Waals surface area contributed by atoms with Crippen molar-refractivity contribution in [2.75, 3.05) is 26.2 Å². The van der Waals surface area contributed by atoms with Crippen LogP contribution in [0.15, 0.2) is 54.6 Å². The number of likely N-dealkylation sites (tertiary alicyclic amines) is 2. The Kier molecular flexibility index (Phi) is 7.37. The topological polar surface area (TPSA) is 86.1 Å². The molecule has 0 aliphatic carbocycles. The Morgan fingerprint density at radius 2 is 1.69 bits per heavy atom. The Labute approximate surface area is 247 Å². The fourth-order valence-electron chi connectivity index (χ4n) is 6.40. The van der Waals surface area contributed by atoms with Crippen LogP contribution in [-0.2, 0) is 28.2 Å². The van der Waals surface area contributed by atoms with E-state index in [2.05, 4.69) is 17.7 Å². The van der Waals surface area contributed by atoms with Gasteiger partial charge in [-0.1, -0.05) is 42.5 Å². The Morgan fingerprint density at radius 1 is 0.976 bits per heavy atom. The summed E-state index contributed by atoms with van der Waals surface area (Å²) in [4.78, 5) is 29.1. The molecule has 0 radical (unpaired) electrons. The summed E-state index contributed by atoms with van der Waals surface area (Å²) in [5, 5.41) is 5.15. The number of hydrogen-bond acceptors (Lipinski definition) is 6. The monoisotopic (exact) mass is 572 g/mol. The van der Waals surface area contributed by atoms with E-state index in [0.717, 1.165) is 40.2 Å². The van der Waals surface area contributed by atoms with E-state index in [9.17, 15) is 9.59 Å². The van der Waals surface area contributed by atoms with Crippen molar-refractivity contribution in [3.8, 4) is 17.0 Å². The van der Waals surface area contributed by atoms with Crippen LogP contribution in [0.2, 0.25) is 0 Å². The number of aromatic nitrogens is 2. The Morgan fingerprint density at radius 3 is 2.43 bits per heavy atom. The van der Waals surface area contributed by atoms with Gasteiger partial charge >= 0.3 is 12.2 Å². The lowest BCUT2D eigenvalue weighted by Gasteiger charge is -2.44. The van der Waals surface area contributed by atoms with Crippen molar-refractivity contribution in [2.24, 2.45) is 5.92 Å². The molecule has 3 aliphatic rings. The van der Waals surface area contributed by atoms with Gasteiger partial charge in [0.15, 0.2) is 0 Å². The Bertz CT molecular complexity index is 1450. The zero-order valence-electron chi connectivity index (χ0n) is 25.0. The third-order valence-electron chi connectivity index (χ3n) is 8.51. The molecule has 1 aromatic heterocycles. The van der Waals surface area contributed by atoms with E-state index in [4.69, 9.17) is 19.3 Å². The molecule has 2 saturated heterocycles. The first-order valence-electron chi connectivity index (χ1n) is 14.9. The molecule has 4 heterocycles. The molecule has 3 aliphatic heterocycles. The summed E-state index contributed by atoms with van der Waals surface area (Å²) in [7, 11) is 0. The van der Waals surface area contributed by atoms with Gasteiger partial charge in [0.1, 0.15) is 29.3 Å². The first kappa shape index (κ1) is 28.1. The SMILES string of the molecule is Cc1c2c(nn1CC1CCN(C(=O)OC(C)(C)C)C1)-c1ccccc1OC21CCN(C(=O)OCc2ccccc2)CC1. The number of carbonyl (C=O) groups excluding carboxylic acids is 2. The number of piperidine rings is 1. The molecule has 3 aromatic rings. The maximum atomic E-state index is 12.9. The van der Waals surface area contributed by atoms with Gasteiger partial charge in [-0.2, -0.15) is 5.10 Å². The zero-order chi connectivity index (χ0) is 29.5. The van der Waals surface area contributed by atoms with Gasteiger partial charge in [0.2, 0.25) is 0 Å². The summed E-state index contributed by atoms with van der Waals surface area (Å²) in [6.45, 7) is 11.2. The molecule has 0 bridgehead atoms. The van der Waals surface area contributed by atoms with E-state index in [1.807, 2.05) is 69.3 Å². The molecule has 1 atom stereocenters. The number of fused-ring (bicyclic) bond motifs is 4. The molecular weight excluding hydrogens is 532 g/mol. The maximum Gasteiger partial charge on any atom is 0.410 e. The van der Waals surface area contributed by atoms with Crippen LogP contribution in [0.4, 0.5) is 9.59 Å². The van der Waals surface area contributed by atoms with Crippen LogP contribution < -0.4 is 4.74 Å². The lowest BCUT2D eigenvalue weighted by atomic mass is 9.79. The number of para-hydroxylation sites is 1. The first-order chi connectivity index (χ1) is 20.1. The summed E-state index contributed by atoms with van der Waals surface area (Å²) in [5.74, 6) is 1.11. The molecule has 2 fully saturated rings. The van der Waals surface area contributed by atoms with Crippen LogP contribution in [0.1, 0.15) is 56.9 Å². The molecule has 1 spiro atoms. The quantitative estimate of drug-likeness (QED) is 0.374. The Hall–Kier alpha value is -4.01. The number of ether oxygens (including phenoxy) is 3. The number of benzene rings is 2. The third-order valence-corrected chi connectivity index (χ3v) is 8.51. The standard InChI is InChI=1S/C33H40N4O5/c1-23-28-29(34-37(23)21-25-14-17-36(20-25)31(39)42-32(2,3)4)26-12-8-9-13-27(26)41-33(28)15-18-35(19-16-33)30(38)40-22-24-10-6-5-7-11-24/h5-13,25H,14-22H2,1-4H3. The molecule has 0 N–H and O–H groups in total. The van der Waals surface area contributed by atoms with Crippen molar-refractivity contribution in [3.63, 3.8) is 0 Å². The van der Waals surface area contributed by atoms with Crippen molar-refractivity contribution < 1.29 is 23.8 Å². The van der Waals surface area contributed by atoms with Gasteiger partial charge in [0.25, 0.3) is 0 Å². The van der Waals surface area contributed by atoms with Crippen LogP contribution in [0.5, 0.6) is 5.75 Å². The molecule has 2 amide bonds. The summed E-state index contributed by atoms with van der Waals surface area (Å²) in [6, 6.07) is 17.8. The van der Waals surface area contributed by atoms with Gasteiger partial charge in [-0.25, -0.2) is 9.59 Å². The summed E-state index contributed by atoms with van der Waals surface area (Å²) < 4.78 is 20.1. The lowest BCUT2D eigenvalue weighted by Crippen LogP contribution is -2.49. The highest BCUT2D eigenvalue weighted by Crippen LogP contribution is 2.50. The predicted molar refractivity (Wildman–Crippen MR) is 158 cm³/mol. The van der Waals surface area contributed by atoms with Gasteiger partial charge in [0, 0.05) is 62.4 Å². The van der Waals surface area contributed by atoms with Crippen molar-refractivity contribution in [2.45, 2.75) is 71.3 Å². The van der Waals surface area contributed by atoms with E-state index in [1.54, 1.807) is 9.80 Å². The van der Waals surface area contributed by atoms with Crippen LogP contribution in [-0.4, -0.2) is 63.5 Å². The third kappa shape index (κ3) is 5.56. The highest BCUT2D eigenvalue weighted by atomic mass is 16.6. The minimum atomic E-state index is -0.569. The van der Waals surface area contributed by atoms with Crippen LogP contribution in [0, 0.1) is 12.8 Å². The summed E-state index contributed by atoms with van der Waals surface area (Å²) in [6.07, 6.45) is 1.65. The number of hydrogen-bond donors (Lipinski definition) is 0. The summed E-state index contributed by atoms with van der Waals surface area (Å²) >= 11 is 0. The number of carbonyl (C=O) groups is 2. The van der Waals surface area contributed by atoms with Gasteiger partial charge in [-0.3, -0.25) is 4.68 Å². The molecule has 222 valence electrons. The highest BCUT2D eigenvalue weighted by Gasteiger charge is 2.47. The van der Waals surface area contributed by atoms with Crippen LogP contribution >= 0.6 is 0 Å². The molecule has 2 aromatic carbocycles. The Balaban J connectivity index is 1.19. The minimum absolute atomic E-state index is 0.253. The van der Waals surface area contributed by atoms with E-state index in [0.29, 0.717) is 45.6 Å². The van der Waals surface area contributed by atoms with Crippen molar-refractivity contribution in [3.05, 3.63) is 71.4 Å². The number of amides is 2. The molecule has 9 nitrogen and oxygen atoms in total. The average Bonchev–Trinajstić information content (AvgIpc) is 3.57. The summed E-state index contributed by atoms with van der Waals surface area (Å²) in [5.41, 5.74) is 4.03. The second-order valence-corrected chi connectivity index (χ2v) is 12.7. The zero-order valence-corrected chi connectivity index (χ0v) is 25.0. The van der Waals surface area contributed by atoms with Gasteiger partial charge in [0.05, 0.1) is 0 Å². The average molecular weight is 573 g/mol. The smallest absolute Gasteiger partial charge is 0.410 e. The van der Waals surface area contributed by atoms with E-state index < -0.39 is 11.2 Å². The molecule has 42 heavy (non-hydrogen) atoms. The second-order valence-electron chi connectivity index (χ2n) is 12.7. The molecule has 6 rings (SSSR count).